The van der Waals surface area contributed by atoms with Crippen LogP contribution in [0.5, 0.6) is 0 Å². The first-order valence-electron chi connectivity index (χ1n) is 5.34. The summed E-state index contributed by atoms with van der Waals surface area (Å²) in [6.07, 6.45) is -0.338. The van der Waals surface area contributed by atoms with Crippen LogP contribution in [-0.4, -0.2) is 22.3 Å². The largest absolute Gasteiger partial charge is 0.392 e. The fraction of sp³-hybridized carbons (Fsp3) is 0.417. The summed E-state index contributed by atoms with van der Waals surface area (Å²) in [6, 6.07) is 5.37. The first kappa shape index (κ1) is 14.4. The van der Waals surface area contributed by atoms with Crippen molar-refractivity contribution in [2.24, 2.45) is 5.73 Å². The number of nitrogens with one attached hydrogen (secondary N) is 1. The molecule has 2 atom stereocenters. The maximum absolute atomic E-state index is 9.39. The van der Waals surface area contributed by atoms with Crippen molar-refractivity contribution in [2.75, 3.05) is 0 Å². The third-order valence-electron chi connectivity index (χ3n) is 2.55. The Kier molecular flexibility index (Phi) is 5.31. The van der Waals surface area contributed by atoms with Crippen LogP contribution in [0.2, 0.25) is 5.02 Å². The number of hydrogen-bond acceptors (Lipinski definition) is 3. The van der Waals surface area contributed by atoms with Gasteiger partial charge in [-0.3, -0.25) is 5.41 Å². The number of aliphatic hydroxyl groups is 1. The monoisotopic (exact) mass is 272 g/mol. The highest BCUT2D eigenvalue weighted by atomic mass is 35.5. The summed E-state index contributed by atoms with van der Waals surface area (Å²) >= 11 is 7.76. The van der Waals surface area contributed by atoms with E-state index in [0.29, 0.717) is 10.6 Å². The molecule has 1 rings (SSSR count). The van der Waals surface area contributed by atoms with E-state index in [4.69, 9.17) is 22.7 Å². The van der Waals surface area contributed by atoms with Crippen molar-refractivity contribution in [1.82, 2.24) is 0 Å². The zero-order valence-corrected chi connectivity index (χ0v) is 11.5. The smallest absolute Gasteiger partial charge is 0.122 e. The molecule has 0 aliphatic heterocycles. The summed E-state index contributed by atoms with van der Waals surface area (Å²) in [5.74, 6) is 0.756. The second-order valence-corrected chi connectivity index (χ2v) is 5.75. The van der Waals surface area contributed by atoms with E-state index in [1.165, 1.54) is 0 Å². The van der Waals surface area contributed by atoms with Gasteiger partial charge >= 0.3 is 0 Å². The topological polar surface area (TPSA) is 70.1 Å². The van der Waals surface area contributed by atoms with Crippen molar-refractivity contribution < 1.29 is 5.11 Å². The van der Waals surface area contributed by atoms with Crippen molar-refractivity contribution in [3.63, 3.8) is 0 Å². The molecular weight excluding hydrogens is 256 g/mol. The molecule has 0 radical (unpaired) electrons. The van der Waals surface area contributed by atoms with Gasteiger partial charge in [-0.25, -0.2) is 0 Å². The number of benzene rings is 1. The highest BCUT2D eigenvalue weighted by Gasteiger charge is 2.11. The van der Waals surface area contributed by atoms with Crippen LogP contribution >= 0.6 is 23.4 Å². The minimum atomic E-state index is -0.338. The minimum absolute atomic E-state index is 0.0171. The number of thioether (sulfide) groups is 1. The normalized spacial score (nSPS) is 14.4. The maximum Gasteiger partial charge on any atom is 0.122 e. The summed E-state index contributed by atoms with van der Waals surface area (Å²) in [4.78, 5) is 0. The molecule has 0 aromatic heterocycles. The lowest BCUT2D eigenvalue weighted by atomic mass is 10.1. The van der Waals surface area contributed by atoms with Crippen molar-refractivity contribution >= 4 is 29.2 Å². The van der Waals surface area contributed by atoms with E-state index in [-0.39, 0.29) is 17.2 Å². The fourth-order valence-corrected chi connectivity index (χ4v) is 2.49. The van der Waals surface area contributed by atoms with Crippen LogP contribution in [0, 0.1) is 5.41 Å². The summed E-state index contributed by atoms with van der Waals surface area (Å²) in [5.41, 5.74) is 7.01. The Morgan fingerprint density at radius 2 is 2.18 bits per heavy atom. The molecule has 0 bridgehead atoms. The highest BCUT2D eigenvalue weighted by molar-refractivity contribution is 7.99. The van der Waals surface area contributed by atoms with Crippen LogP contribution < -0.4 is 5.73 Å². The van der Waals surface area contributed by atoms with E-state index in [1.807, 2.05) is 13.0 Å². The zero-order chi connectivity index (χ0) is 13.0. The average Bonchev–Trinajstić information content (AvgIpc) is 2.26. The van der Waals surface area contributed by atoms with Crippen molar-refractivity contribution in [1.29, 1.82) is 5.41 Å². The number of halogens is 1. The molecule has 1 aromatic rings. The Hall–Kier alpha value is -0.710. The lowest BCUT2D eigenvalue weighted by Crippen LogP contribution is -2.15. The Morgan fingerprint density at radius 1 is 1.53 bits per heavy atom. The zero-order valence-electron chi connectivity index (χ0n) is 9.90. The number of hydrogen-bond donors (Lipinski definition) is 3. The van der Waals surface area contributed by atoms with E-state index >= 15 is 0 Å². The van der Waals surface area contributed by atoms with E-state index < -0.39 is 0 Å². The van der Waals surface area contributed by atoms with E-state index in [1.54, 1.807) is 30.8 Å². The lowest BCUT2D eigenvalue weighted by Gasteiger charge is -2.14. The highest BCUT2D eigenvalue weighted by Crippen LogP contribution is 2.25. The second kappa shape index (κ2) is 6.28. The number of rotatable bonds is 5. The summed E-state index contributed by atoms with van der Waals surface area (Å²) in [7, 11) is 0. The molecule has 94 valence electrons. The predicted molar refractivity (Wildman–Crippen MR) is 74.9 cm³/mol. The number of amidine groups is 1. The van der Waals surface area contributed by atoms with E-state index in [2.05, 4.69) is 0 Å². The summed E-state index contributed by atoms with van der Waals surface area (Å²) in [6.45, 7) is 3.76. The molecule has 0 saturated carbocycles. The first-order valence-corrected chi connectivity index (χ1v) is 6.77. The summed E-state index contributed by atoms with van der Waals surface area (Å²) in [5, 5.41) is 17.5. The van der Waals surface area contributed by atoms with Crippen LogP contribution in [0.4, 0.5) is 0 Å². The quantitative estimate of drug-likeness (QED) is 0.570. The number of nitrogens with two attached hydrogens (primary N) is 1. The van der Waals surface area contributed by atoms with Crippen molar-refractivity contribution in [3.05, 3.63) is 34.3 Å². The van der Waals surface area contributed by atoms with Gasteiger partial charge in [-0.15, -0.1) is 0 Å². The Balaban J connectivity index is 2.70. The second-order valence-electron chi connectivity index (χ2n) is 3.98. The minimum Gasteiger partial charge on any atom is -0.392 e. The molecule has 0 aliphatic carbocycles. The van der Waals surface area contributed by atoms with Crippen LogP contribution in [0.15, 0.2) is 18.2 Å². The van der Waals surface area contributed by atoms with Crippen molar-refractivity contribution in [3.8, 4) is 0 Å². The Morgan fingerprint density at radius 3 is 2.65 bits per heavy atom. The number of nitrogen functional groups attached to an aromatic ring is 1. The van der Waals surface area contributed by atoms with Gasteiger partial charge in [0.05, 0.1) is 6.10 Å². The third kappa shape index (κ3) is 4.22. The average molecular weight is 273 g/mol. The Labute approximate surface area is 111 Å². The van der Waals surface area contributed by atoms with Gasteiger partial charge in [0.2, 0.25) is 0 Å². The molecular formula is C12H17ClN2OS. The molecule has 17 heavy (non-hydrogen) atoms. The van der Waals surface area contributed by atoms with E-state index in [9.17, 15) is 5.11 Å². The van der Waals surface area contributed by atoms with Crippen LogP contribution in [0.3, 0.4) is 0 Å². The molecule has 2 unspecified atom stereocenters. The third-order valence-corrected chi connectivity index (χ3v) is 4.29. The van der Waals surface area contributed by atoms with Crippen LogP contribution in [0.25, 0.3) is 0 Å². The molecule has 0 fully saturated rings. The van der Waals surface area contributed by atoms with Crippen LogP contribution in [0.1, 0.15) is 25.0 Å². The van der Waals surface area contributed by atoms with Crippen LogP contribution in [-0.2, 0) is 5.75 Å². The molecule has 0 saturated heterocycles. The van der Waals surface area contributed by atoms with Gasteiger partial charge in [-0.2, -0.15) is 11.8 Å². The van der Waals surface area contributed by atoms with Gasteiger partial charge in [-0.05, 0) is 18.6 Å². The molecule has 0 spiro atoms. The predicted octanol–water partition coefficient (Wildman–Crippen LogP) is 2.63. The first-order chi connectivity index (χ1) is 7.91. The summed E-state index contributed by atoms with van der Waals surface area (Å²) < 4.78 is 0. The molecule has 3 nitrogen and oxygen atoms in total. The van der Waals surface area contributed by atoms with Gasteiger partial charge in [0, 0.05) is 21.6 Å². The SMILES string of the molecule is CC(O)C(C)SCc1ccc(C(=N)N)cc1Cl. The number of aliphatic hydroxyl groups excluding tert-OH is 1. The van der Waals surface area contributed by atoms with Gasteiger partial charge in [-0.1, -0.05) is 30.7 Å². The van der Waals surface area contributed by atoms with E-state index in [0.717, 1.165) is 11.3 Å². The van der Waals surface area contributed by atoms with Crippen molar-refractivity contribution in [2.45, 2.75) is 31.0 Å². The fourth-order valence-electron chi connectivity index (χ4n) is 1.19. The molecule has 5 heteroatoms. The van der Waals surface area contributed by atoms with Gasteiger partial charge in [0.15, 0.2) is 0 Å². The van der Waals surface area contributed by atoms with Gasteiger partial charge < -0.3 is 10.8 Å². The molecule has 0 amide bonds. The van der Waals surface area contributed by atoms with Gasteiger partial charge in [0.1, 0.15) is 5.84 Å². The Bertz CT molecular complexity index is 409. The molecule has 4 N–H and O–H groups in total. The maximum atomic E-state index is 9.39. The van der Waals surface area contributed by atoms with Gasteiger partial charge in [0.25, 0.3) is 0 Å². The lowest BCUT2D eigenvalue weighted by molar-refractivity contribution is 0.196. The molecule has 1 aromatic carbocycles. The molecule has 0 aliphatic rings. The standard InChI is InChI=1S/C12H17ClN2OS/c1-7(16)8(2)17-6-10-4-3-9(12(14)15)5-11(10)13/h3-5,7-8,16H,6H2,1-2H3,(H3,14,15). The molecule has 0 heterocycles.